The van der Waals surface area contributed by atoms with E-state index < -0.39 is 0 Å². The first-order valence-corrected chi connectivity index (χ1v) is 8.00. The fourth-order valence-electron chi connectivity index (χ4n) is 2.41. The molecule has 1 saturated heterocycles. The van der Waals surface area contributed by atoms with E-state index in [4.69, 9.17) is 5.73 Å². The minimum absolute atomic E-state index is 0. The first-order valence-electron chi connectivity index (χ1n) is 6.85. The molecule has 1 heterocycles. The Kier molecular flexibility index (Phi) is 7.72. The summed E-state index contributed by atoms with van der Waals surface area (Å²) in [6.07, 6.45) is 0.964. The molecule has 0 amide bonds. The second-order valence-electron chi connectivity index (χ2n) is 5.09. The number of nitrogens with two attached hydrogens (primary N) is 1. The zero-order valence-corrected chi connectivity index (χ0v) is 15.4. The van der Waals surface area contributed by atoms with E-state index in [1.807, 2.05) is 11.8 Å². The van der Waals surface area contributed by atoms with Crippen molar-refractivity contribution in [1.29, 1.82) is 0 Å². The van der Waals surface area contributed by atoms with Gasteiger partial charge >= 0.3 is 0 Å². The lowest BCUT2D eigenvalue weighted by molar-refractivity contribution is 0.456. The highest BCUT2D eigenvalue weighted by Gasteiger charge is 2.11. The summed E-state index contributed by atoms with van der Waals surface area (Å²) < 4.78 is 0. The van der Waals surface area contributed by atoms with Gasteiger partial charge in [0, 0.05) is 31.1 Å². The number of aliphatic imine (C=N–C) groups is 1. The van der Waals surface area contributed by atoms with E-state index in [1.54, 1.807) is 0 Å². The number of halogens is 1. The Hall–Kier alpha value is -0.430. The van der Waals surface area contributed by atoms with Crippen LogP contribution >= 0.6 is 35.7 Å². The topological polar surface area (TPSA) is 41.6 Å². The number of thioether (sulfide) groups is 1. The SMILES string of the molecule is Cc1cc(C)cc(CCN=C(N)N2CCSCC2)c1.I. The third-order valence-electron chi connectivity index (χ3n) is 3.29. The first-order chi connectivity index (χ1) is 9.15. The Morgan fingerprint density at radius 3 is 2.40 bits per heavy atom. The van der Waals surface area contributed by atoms with Crippen molar-refractivity contribution >= 4 is 41.7 Å². The fourth-order valence-corrected chi connectivity index (χ4v) is 3.31. The van der Waals surface area contributed by atoms with Crippen LogP contribution in [-0.4, -0.2) is 42.0 Å². The van der Waals surface area contributed by atoms with Crippen molar-refractivity contribution in [2.75, 3.05) is 31.1 Å². The average molecular weight is 405 g/mol. The van der Waals surface area contributed by atoms with Gasteiger partial charge < -0.3 is 10.6 Å². The molecule has 1 fully saturated rings. The van der Waals surface area contributed by atoms with Crippen LogP contribution in [0.1, 0.15) is 16.7 Å². The molecule has 0 atom stereocenters. The van der Waals surface area contributed by atoms with Crippen molar-refractivity contribution in [3.05, 3.63) is 34.9 Å². The normalized spacial score (nSPS) is 15.9. The molecule has 3 nitrogen and oxygen atoms in total. The second kappa shape index (κ2) is 8.77. The van der Waals surface area contributed by atoms with Gasteiger partial charge in [0.05, 0.1) is 0 Å². The third-order valence-corrected chi connectivity index (χ3v) is 4.23. The minimum atomic E-state index is 0. The Morgan fingerprint density at radius 2 is 1.80 bits per heavy atom. The van der Waals surface area contributed by atoms with Crippen molar-refractivity contribution in [3.8, 4) is 0 Å². The van der Waals surface area contributed by atoms with Gasteiger partial charge in [-0.25, -0.2) is 0 Å². The van der Waals surface area contributed by atoms with Gasteiger partial charge in [-0.05, 0) is 25.8 Å². The molecule has 0 aromatic heterocycles. The number of nitrogens with zero attached hydrogens (tertiary/aromatic N) is 2. The van der Waals surface area contributed by atoms with Gasteiger partial charge in [-0.3, -0.25) is 4.99 Å². The predicted molar refractivity (Wildman–Crippen MR) is 100 cm³/mol. The monoisotopic (exact) mass is 405 g/mol. The van der Waals surface area contributed by atoms with Gasteiger partial charge in [0.25, 0.3) is 0 Å². The van der Waals surface area contributed by atoms with E-state index in [2.05, 4.69) is 41.9 Å². The lowest BCUT2D eigenvalue weighted by Crippen LogP contribution is -2.42. The molecular weight excluding hydrogens is 381 g/mol. The van der Waals surface area contributed by atoms with Crippen LogP contribution in [0.3, 0.4) is 0 Å². The number of guanidine groups is 1. The van der Waals surface area contributed by atoms with Crippen molar-refractivity contribution in [2.45, 2.75) is 20.3 Å². The summed E-state index contributed by atoms with van der Waals surface area (Å²) in [5.74, 6) is 3.03. The highest BCUT2D eigenvalue weighted by atomic mass is 127. The highest BCUT2D eigenvalue weighted by Crippen LogP contribution is 2.10. The van der Waals surface area contributed by atoms with Crippen LogP contribution < -0.4 is 5.73 Å². The lowest BCUT2D eigenvalue weighted by atomic mass is 10.1. The maximum Gasteiger partial charge on any atom is 0.191 e. The predicted octanol–water partition coefficient (Wildman–Crippen LogP) is 2.83. The standard InChI is InChI=1S/C15H23N3S.HI/c1-12-9-13(2)11-14(10-12)3-4-17-15(16)18-5-7-19-8-6-18;/h9-11H,3-8H2,1-2H3,(H2,16,17);1H. The molecule has 112 valence electrons. The van der Waals surface area contributed by atoms with Gasteiger partial charge in [0.15, 0.2) is 5.96 Å². The maximum atomic E-state index is 6.04. The molecule has 2 rings (SSSR count). The van der Waals surface area contributed by atoms with Gasteiger partial charge in [-0.1, -0.05) is 29.3 Å². The smallest absolute Gasteiger partial charge is 0.191 e. The van der Waals surface area contributed by atoms with Crippen molar-refractivity contribution in [3.63, 3.8) is 0 Å². The van der Waals surface area contributed by atoms with Crippen LogP contribution in [0.4, 0.5) is 0 Å². The van der Waals surface area contributed by atoms with E-state index in [0.717, 1.165) is 37.6 Å². The van der Waals surface area contributed by atoms with Crippen molar-refractivity contribution in [2.24, 2.45) is 10.7 Å². The number of rotatable bonds is 3. The molecule has 5 heteroatoms. The lowest BCUT2D eigenvalue weighted by Gasteiger charge is -2.27. The van der Waals surface area contributed by atoms with Crippen LogP contribution in [0.25, 0.3) is 0 Å². The third kappa shape index (κ3) is 5.52. The fraction of sp³-hybridized carbons (Fsp3) is 0.533. The highest BCUT2D eigenvalue weighted by molar-refractivity contribution is 14.0. The molecule has 0 saturated carbocycles. The minimum Gasteiger partial charge on any atom is -0.370 e. The number of aryl methyl sites for hydroxylation is 2. The van der Waals surface area contributed by atoms with E-state index in [1.165, 1.54) is 16.7 Å². The van der Waals surface area contributed by atoms with Gasteiger partial charge in [0.2, 0.25) is 0 Å². The first kappa shape index (κ1) is 17.6. The van der Waals surface area contributed by atoms with E-state index >= 15 is 0 Å². The van der Waals surface area contributed by atoms with Gasteiger partial charge in [-0.15, -0.1) is 24.0 Å². The zero-order valence-electron chi connectivity index (χ0n) is 12.3. The molecule has 2 N–H and O–H groups in total. The Morgan fingerprint density at radius 1 is 1.20 bits per heavy atom. The molecule has 1 aliphatic rings. The Bertz CT molecular complexity index is 436. The summed E-state index contributed by atoms with van der Waals surface area (Å²) in [6.45, 7) is 7.12. The molecule has 0 spiro atoms. The van der Waals surface area contributed by atoms with Crippen LogP contribution in [0.2, 0.25) is 0 Å². The van der Waals surface area contributed by atoms with Crippen LogP contribution in [-0.2, 0) is 6.42 Å². The summed E-state index contributed by atoms with van der Waals surface area (Å²) in [5, 5.41) is 0. The Balaban J connectivity index is 0.00000200. The summed E-state index contributed by atoms with van der Waals surface area (Å²) in [5.41, 5.74) is 10.0. The molecule has 20 heavy (non-hydrogen) atoms. The number of benzene rings is 1. The largest absolute Gasteiger partial charge is 0.370 e. The van der Waals surface area contributed by atoms with Crippen LogP contribution in [0, 0.1) is 13.8 Å². The van der Waals surface area contributed by atoms with Crippen LogP contribution in [0.15, 0.2) is 23.2 Å². The van der Waals surface area contributed by atoms with Crippen LogP contribution in [0.5, 0.6) is 0 Å². The summed E-state index contributed by atoms with van der Waals surface area (Å²) >= 11 is 1.99. The van der Waals surface area contributed by atoms with E-state index in [9.17, 15) is 0 Å². The quantitative estimate of drug-likeness (QED) is 0.478. The van der Waals surface area contributed by atoms with Crippen molar-refractivity contribution in [1.82, 2.24) is 4.90 Å². The molecule has 0 radical (unpaired) electrons. The van der Waals surface area contributed by atoms with Gasteiger partial charge in [-0.2, -0.15) is 11.8 Å². The molecule has 1 aromatic carbocycles. The van der Waals surface area contributed by atoms with E-state index in [0.29, 0.717) is 5.96 Å². The molecule has 0 bridgehead atoms. The average Bonchev–Trinajstić information content (AvgIpc) is 2.38. The number of hydrogen-bond acceptors (Lipinski definition) is 2. The maximum absolute atomic E-state index is 6.04. The number of hydrogen-bond donors (Lipinski definition) is 1. The molecule has 0 aliphatic carbocycles. The molecule has 0 unspecified atom stereocenters. The summed E-state index contributed by atoms with van der Waals surface area (Å²) in [6, 6.07) is 6.67. The Labute approximate surface area is 143 Å². The van der Waals surface area contributed by atoms with Gasteiger partial charge in [0.1, 0.15) is 0 Å². The summed E-state index contributed by atoms with van der Waals surface area (Å²) in [7, 11) is 0. The van der Waals surface area contributed by atoms with E-state index in [-0.39, 0.29) is 24.0 Å². The zero-order chi connectivity index (χ0) is 13.7. The summed E-state index contributed by atoms with van der Waals surface area (Å²) in [4.78, 5) is 6.71. The van der Waals surface area contributed by atoms with Crippen molar-refractivity contribution < 1.29 is 0 Å². The molecular formula is C15H24IN3S. The molecule has 1 aromatic rings. The second-order valence-corrected chi connectivity index (χ2v) is 6.31. The molecule has 1 aliphatic heterocycles.